The Morgan fingerprint density at radius 1 is 0.909 bits per heavy atom. The SMILES string of the molecule is CC(C)(C)[Si](C)(C)OCCCC[C@@H]([C@H]1CC=CCN1Cc1ccccc1)[Si](C)(C)C(C)(C)C. The van der Waals surface area contributed by atoms with E-state index in [1.807, 2.05) is 0 Å². The van der Waals surface area contributed by atoms with Crippen LogP contribution >= 0.6 is 0 Å². The van der Waals surface area contributed by atoms with E-state index in [9.17, 15) is 0 Å². The van der Waals surface area contributed by atoms with Gasteiger partial charge in [0.25, 0.3) is 0 Å². The average molecular weight is 488 g/mol. The molecule has 1 heterocycles. The lowest BCUT2D eigenvalue weighted by molar-refractivity contribution is 0.180. The molecular formula is C29H53NOSi2. The molecule has 0 spiro atoms. The van der Waals surface area contributed by atoms with E-state index in [2.05, 4.69) is 115 Å². The Balaban J connectivity index is 2.12. The second kappa shape index (κ2) is 11.4. The van der Waals surface area contributed by atoms with E-state index in [1.54, 1.807) is 0 Å². The first-order chi connectivity index (χ1) is 15.2. The molecule has 0 fully saturated rings. The van der Waals surface area contributed by atoms with Crippen LogP contribution in [0, 0.1) is 0 Å². The molecule has 0 unspecified atom stereocenters. The molecule has 0 saturated heterocycles. The highest BCUT2D eigenvalue weighted by Crippen LogP contribution is 2.49. The normalized spacial score (nSPS) is 19.6. The van der Waals surface area contributed by atoms with Gasteiger partial charge in [-0.1, -0.05) is 110 Å². The van der Waals surface area contributed by atoms with Gasteiger partial charge in [0.1, 0.15) is 0 Å². The Kier molecular flexibility index (Phi) is 9.83. The molecule has 0 saturated carbocycles. The van der Waals surface area contributed by atoms with Gasteiger partial charge in [0.15, 0.2) is 8.32 Å². The molecule has 2 atom stereocenters. The number of benzene rings is 1. The maximum absolute atomic E-state index is 6.50. The smallest absolute Gasteiger partial charge is 0.191 e. The van der Waals surface area contributed by atoms with E-state index in [-0.39, 0.29) is 0 Å². The molecule has 0 aliphatic carbocycles. The van der Waals surface area contributed by atoms with Gasteiger partial charge < -0.3 is 4.43 Å². The molecule has 1 aliphatic rings. The fraction of sp³-hybridized carbons (Fsp3) is 0.724. The fourth-order valence-electron chi connectivity index (χ4n) is 4.75. The lowest BCUT2D eigenvalue weighted by Gasteiger charge is -2.50. The van der Waals surface area contributed by atoms with Crippen LogP contribution in [0.25, 0.3) is 0 Å². The molecule has 1 aromatic rings. The van der Waals surface area contributed by atoms with Crippen LogP contribution in [0.4, 0.5) is 0 Å². The van der Waals surface area contributed by atoms with Crippen LogP contribution in [-0.2, 0) is 11.0 Å². The van der Waals surface area contributed by atoms with Crippen LogP contribution in [0.5, 0.6) is 0 Å². The van der Waals surface area contributed by atoms with Gasteiger partial charge in [-0.3, -0.25) is 4.90 Å². The monoisotopic (exact) mass is 487 g/mol. The third-order valence-electron chi connectivity index (χ3n) is 9.08. The summed E-state index contributed by atoms with van der Waals surface area (Å²) in [5.74, 6) is 0. The lowest BCUT2D eigenvalue weighted by atomic mass is 9.99. The largest absolute Gasteiger partial charge is 0.417 e. The van der Waals surface area contributed by atoms with Crippen molar-refractivity contribution >= 4 is 16.4 Å². The van der Waals surface area contributed by atoms with Crippen molar-refractivity contribution in [2.75, 3.05) is 13.2 Å². The van der Waals surface area contributed by atoms with E-state index in [0.29, 0.717) is 16.1 Å². The van der Waals surface area contributed by atoms with Crippen LogP contribution in [0.1, 0.15) is 72.8 Å². The topological polar surface area (TPSA) is 12.5 Å². The van der Waals surface area contributed by atoms with Gasteiger partial charge in [0, 0.05) is 25.7 Å². The highest BCUT2D eigenvalue weighted by atomic mass is 28.4. The van der Waals surface area contributed by atoms with Crippen LogP contribution in [0.2, 0.25) is 41.8 Å². The number of hydrogen-bond donors (Lipinski definition) is 0. The second-order valence-corrected chi connectivity index (χ2v) is 23.9. The standard InChI is InChI=1S/C29H53NOSi2/c1-28(2,3)32(7,8)27(21-15-17-23-31-33(9,10)29(4,5)6)26-20-14-16-22-30(26)24-25-18-12-11-13-19-25/h11-14,16,18-19,26-27H,15,17,20-24H2,1-10H3/t26-,27+/m1/s1. The van der Waals surface area contributed by atoms with Crippen LogP contribution in [0.15, 0.2) is 42.5 Å². The van der Waals surface area contributed by atoms with Gasteiger partial charge in [0.2, 0.25) is 0 Å². The second-order valence-electron chi connectivity index (χ2n) is 13.4. The summed E-state index contributed by atoms with van der Waals surface area (Å²) in [4.78, 5) is 2.77. The first kappa shape index (κ1) is 28.6. The minimum atomic E-state index is -1.64. The lowest BCUT2D eigenvalue weighted by Crippen LogP contribution is -2.52. The number of rotatable bonds is 10. The van der Waals surface area contributed by atoms with Gasteiger partial charge in [-0.2, -0.15) is 0 Å². The quantitative estimate of drug-likeness (QED) is 0.185. The van der Waals surface area contributed by atoms with Crippen LogP contribution in [-0.4, -0.2) is 40.5 Å². The maximum atomic E-state index is 6.50. The summed E-state index contributed by atoms with van der Waals surface area (Å²) >= 11 is 0. The summed E-state index contributed by atoms with van der Waals surface area (Å²) in [6.45, 7) is 27.6. The van der Waals surface area contributed by atoms with Crippen molar-refractivity contribution in [3.8, 4) is 0 Å². The number of hydrogen-bond acceptors (Lipinski definition) is 2. The van der Waals surface area contributed by atoms with Crippen molar-refractivity contribution < 1.29 is 4.43 Å². The predicted molar refractivity (Wildman–Crippen MR) is 152 cm³/mol. The van der Waals surface area contributed by atoms with Crippen molar-refractivity contribution in [2.24, 2.45) is 0 Å². The van der Waals surface area contributed by atoms with E-state index in [0.717, 1.165) is 25.2 Å². The highest BCUT2D eigenvalue weighted by molar-refractivity contribution is 6.81. The molecule has 4 heteroatoms. The summed E-state index contributed by atoms with van der Waals surface area (Å²) < 4.78 is 6.50. The molecule has 0 N–H and O–H groups in total. The van der Waals surface area contributed by atoms with Gasteiger partial charge in [-0.25, -0.2) is 0 Å². The summed E-state index contributed by atoms with van der Waals surface area (Å²) in [5.41, 5.74) is 2.23. The highest BCUT2D eigenvalue weighted by Gasteiger charge is 2.46. The van der Waals surface area contributed by atoms with Crippen LogP contribution in [0.3, 0.4) is 0 Å². The predicted octanol–water partition coefficient (Wildman–Crippen LogP) is 8.89. The Bertz CT molecular complexity index is 743. The Hall–Kier alpha value is -0.686. The first-order valence-corrected chi connectivity index (χ1v) is 19.2. The molecule has 0 bridgehead atoms. The summed E-state index contributed by atoms with van der Waals surface area (Å²) in [5, 5.41) is 0.692. The molecule has 0 amide bonds. The summed E-state index contributed by atoms with van der Waals surface area (Å²) in [7, 11) is -3.16. The molecule has 33 heavy (non-hydrogen) atoms. The Morgan fingerprint density at radius 2 is 1.55 bits per heavy atom. The molecule has 2 nitrogen and oxygen atoms in total. The van der Waals surface area contributed by atoms with Gasteiger partial charge in [-0.15, -0.1) is 0 Å². The Labute approximate surface area is 208 Å². The number of unbranched alkanes of at least 4 members (excludes halogenated alkanes) is 1. The molecule has 2 rings (SSSR count). The first-order valence-electron chi connectivity index (χ1n) is 13.2. The van der Waals surface area contributed by atoms with E-state index >= 15 is 0 Å². The van der Waals surface area contributed by atoms with Gasteiger partial charge in [0.05, 0.1) is 8.07 Å². The summed E-state index contributed by atoms with van der Waals surface area (Å²) in [6, 6.07) is 11.7. The molecule has 188 valence electrons. The summed E-state index contributed by atoms with van der Waals surface area (Å²) in [6.07, 6.45) is 9.84. The van der Waals surface area contributed by atoms with Crippen molar-refractivity contribution in [1.82, 2.24) is 4.90 Å². The minimum Gasteiger partial charge on any atom is -0.417 e. The maximum Gasteiger partial charge on any atom is 0.191 e. The zero-order valence-electron chi connectivity index (χ0n) is 23.5. The third-order valence-corrected chi connectivity index (χ3v) is 20.0. The van der Waals surface area contributed by atoms with E-state index < -0.39 is 16.4 Å². The molecule has 1 aromatic carbocycles. The van der Waals surface area contributed by atoms with Gasteiger partial charge >= 0.3 is 0 Å². The average Bonchev–Trinajstić information content (AvgIpc) is 2.70. The zero-order valence-corrected chi connectivity index (χ0v) is 25.5. The Morgan fingerprint density at radius 3 is 2.12 bits per heavy atom. The number of nitrogens with zero attached hydrogens (tertiary/aromatic N) is 1. The van der Waals surface area contributed by atoms with Crippen molar-refractivity contribution in [2.45, 2.75) is 122 Å². The van der Waals surface area contributed by atoms with E-state index in [4.69, 9.17) is 4.43 Å². The van der Waals surface area contributed by atoms with Crippen molar-refractivity contribution in [1.29, 1.82) is 0 Å². The molecular weight excluding hydrogens is 434 g/mol. The molecule has 1 aliphatic heterocycles. The van der Waals surface area contributed by atoms with Crippen LogP contribution < -0.4 is 0 Å². The molecule has 0 aromatic heterocycles. The van der Waals surface area contributed by atoms with Crippen molar-refractivity contribution in [3.05, 3.63) is 48.0 Å². The fourth-order valence-corrected chi connectivity index (χ4v) is 9.18. The van der Waals surface area contributed by atoms with E-state index in [1.165, 1.54) is 31.2 Å². The molecule has 0 radical (unpaired) electrons. The van der Waals surface area contributed by atoms with Crippen molar-refractivity contribution in [3.63, 3.8) is 0 Å². The third kappa shape index (κ3) is 7.65. The zero-order chi connectivity index (χ0) is 24.9. The van der Waals surface area contributed by atoms with Gasteiger partial charge in [-0.05, 0) is 47.1 Å². The minimum absolute atomic E-state index is 0.295.